The molecule has 0 aliphatic heterocycles. The van der Waals surface area contributed by atoms with E-state index in [1.54, 1.807) is 19.1 Å². The summed E-state index contributed by atoms with van der Waals surface area (Å²) < 4.78 is 36.7. The van der Waals surface area contributed by atoms with Crippen LogP contribution >= 0.6 is 0 Å². The van der Waals surface area contributed by atoms with E-state index in [1.807, 2.05) is 0 Å². The molecular weight excluding hydrogens is 386 g/mol. The van der Waals surface area contributed by atoms with Crippen LogP contribution in [0.3, 0.4) is 0 Å². The molecule has 148 valence electrons. The fraction of sp³-hybridized carbons (Fsp3) is 0.167. The molecule has 0 fully saturated rings. The molecule has 29 heavy (non-hydrogen) atoms. The number of hydrogen-bond donors (Lipinski definition) is 1. The zero-order chi connectivity index (χ0) is 20.5. The van der Waals surface area contributed by atoms with Gasteiger partial charge in [-0.05, 0) is 12.1 Å². The molecule has 1 amide bonds. The quantitative estimate of drug-likeness (QED) is 0.547. The number of alkyl halides is 2. The number of methoxy groups -OCH3 is 1. The first-order valence-corrected chi connectivity index (χ1v) is 8.36. The number of halogens is 2. The summed E-state index contributed by atoms with van der Waals surface area (Å²) in [4.78, 5) is 24.9. The Labute approximate surface area is 162 Å². The Hall–Kier alpha value is -3.89. The maximum absolute atomic E-state index is 12.8. The average Bonchev–Trinajstić information content (AvgIpc) is 3.36. The van der Waals surface area contributed by atoms with Gasteiger partial charge in [0.1, 0.15) is 16.8 Å². The Bertz CT molecular complexity index is 1200. The van der Waals surface area contributed by atoms with E-state index in [2.05, 4.69) is 25.4 Å². The molecule has 4 aromatic rings. The van der Waals surface area contributed by atoms with Crippen molar-refractivity contribution in [3.05, 3.63) is 48.6 Å². The smallest absolute Gasteiger partial charge is 0.333 e. The molecule has 4 rings (SSSR count). The first-order chi connectivity index (χ1) is 14.0. The Balaban J connectivity index is 1.74. The number of ether oxygens (including phenoxy) is 1. The molecule has 0 bridgehead atoms. The van der Waals surface area contributed by atoms with Gasteiger partial charge >= 0.3 is 6.55 Å². The molecule has 0 saturated carbocycles. The second-order valence-electron chi connectivity index (χ2n) is 5.95. The van der Waals surface area contributed by atoms with E-state index in [0.717, 1.165) is 0 Å². The highest BCUT2D eigenvalue weighted by atomic mass is 19.3. The minimum atomic E-state index is -2.75. The van der Waals surface area contributed by atoms with Crippen molar-refractivity contribution in [2.24, 2.45) is 0 Å². The lowest BCUT2D eigenvalue weighted by molar-refractivity contribution is 0.0566. The number of amides is 1. The summed E-state index contributed by atoms with van der Waals surface area (Å²) in [6.07, 6.45) is 5.19. The number of anilines is 1. The van der Waals surface area contributed by atoms with Gasteiger partial charge in [-0.1, -0.05) is 0 Å². The van der Waals surface area contributed by atoms with Crippen LogP contribution in [-0.2, 0) is 0 Å². The van der Waals surface area contributed by atoms with E-state index in [4.69, 9.17) is 9.15 Å². The van der Waals surface area contributed by atoms with Crippen LogP contribution in [0.1, 0.15) is 23.0 Å². The Morgan fingerprint density at radius 2 is 2.03 bits per heavy atom. The molecule has 0 aliphatic carbocycles. The Morgan fingerprint density at radius 3 is 2.69 bits per heavy atom. The average molecular weight is 400 g/mol. The molecule has 3 aromatic heterocycles. The lowest BCUT2D eigenvalue weighted by atomic mass is 10.1. The van der Waals surface area contributed by atoms with Gasteiger partial charge in [0, 0.05) is 24.2 Å². The number of fused-ring (bicyclic) bond motifs is 1. The molecule has 0 atom stereocenters. The lowest BCUT2D eigenvalue weighted by Crippen LogP contribution is -2.12. The summed E-state index contributed by atoms with van der Waals surface area (Å²) >= 11 is 0. The lowest BCUT2D eigenvalue weighted by Gasteiger charge is -2.10. The van der Waals surface area contributed by atoms with Gasteiger partial charge in [-0.15, -0.1) is 0 Å². The monoisotopic (exact) mass is 400 g/mol. The maximum Gasteiger partial charge on any atom is 0.333 e. The van der Waals surface area contributed by atoms with Crippen molar-refractivity contribution in [3.63, 3.8) is 0 Å². The molecule has 0 radical (unpaired) electrons. The van der Waals surface area contributed by atoms with Crippen LogP contribution in [0.15, 0.2) is 41.3 Å². The topological polar surface area (TPSA) is 108 Å². The largest absolute Gasteiger partial charge is 0.494 e. The molecule has 0 aliphatic rings. The van der Waals surface area contributed by atoms with Crippen LogP contribution < -0.4 is 10.1 Å². The first kappa shape index (κ1) is 18.5. The Kier molecular flexibility index (Phi) is 4.63. The molecule has 0 spiro atoms. The van der Waals surface area contributed by atoms with Gasteiger partial charge in [0.15, 0.2) is 11.7 Å². The van der Waals surface area contributed by atoms with E-state index in [1.165, 1.54) is 31.9 Å². The fourth-order valence-electron chi connectivity index (χ4n) is 2.76. The zero-order valence-electron chi connectivity index (χ0n) is 15.3. The molecule has 3 heterocycles. The summed E-state index contributed by atoms with van der Waals surface area (Å²) in [7, 11) is 1.47. The number of rotatable bonds is 5. The highest BCUT2D eigenvalue weighted by Gasteiger charge is 2.17. The highest BCUT2D eigenvalue weighted by Crippen LogP contribution is 2.33. The van der Waals surface area contributed by atoms with Crippen LogP contribution in [0.4, 0.5) is 14.6 Å². The van der Waals surface area contributed by atoms with Crippen LogP contribution in [-0.4, -0.2) is 37.7 Å². The van der Waals surface area contributed by atoms with Crippen molar-refractivity contribution in [1.82, 2.24) is 24.7 Å². The summed E-state index contributed by atoms with van der Waals surface area (Å²) in [5.41, 5.74) is 1.75. The summed E-state index contributed by atoms with van der Waals surface area (Å²) in [6.45, 7) is -1.13. The van der Waals surface area contributed by atoms with Crippen molar-refractivity contribution in [2.45, 2.75) is 13.5 Å². The molecule has 1 N–H and O–H groups in total. The number of carbonyl (C=O) groups is 1. The van der Waals surface area contributed by atoms with Crippen LogP contribution in [0.5, 0.6) is 5.75 Å². The van der Waals surface area contributed by atoms with E-state index in [0.29, 0.717) is 38.5 Å². The third-order valence-electron chi connectivity index (χ3n) is 4.08. The van der Waals surface area contributed by atoms with Gasteiger partial charge < -0.3 is 14.5 Å². The maximum atomic E-state index is 12.8. The fourth-order valence-corrected chi connectivity index (χ4v) is 2.76. The third-order valence-corrected chi connectivity index (χ3v) is 4.08. The zero-order valence-corrected chi connectivity index (χ0v) is 15.3. The Morgan fingerprint density at radius 1 is 1.21 bits per heavy atom. The number of nitrogens with zero attached hydrogens (tertiary/aromatic N) is 5. The molecular formula is C18H14F2N6O3. The number of aromatic nitrogens is 5. The van der Waals surface area contributed by atoms with Gasteiger partial charge in [0.2, 0.25) is 5.76 Å². The van der Waals surface area contributed by atoms with Crippen molar-refractivity contribution in [1.29, 1.82) is 0 Å². The standard InChI is InChI=1S/C18H14F2N6O3/c1-9-21-6-13(29-9)17(27)25-14-7-22-15-11(3-4-12(28-2)16(15)24-14)10-5-23-26(8-10)18(19)20/h3-8,18H,1-2H3,(H,24,25,27). The number of benzene rings is 1. The predicted molar refractivity (Wildman–Crippen MR) is 97.8 cm³/mol. The molecule has 9 nitrogen and oxygen atoms in total. The van der Waals surface area contributed by atoms with Crippen LogP contribution in [0, 0.1) is 6.92 Å². The summed E-state index contributed by atoms with van der Waals surface area (Å²) in [5, 5.41) is 6.22. The molecule has 1 aromatic carbocycles. The normalized spacial score (nSPS) is 11.2. The predicted octanol–water partition coefficient (Wildman–Crippen LogP) is 3.45. The number of nitrogens with one attached hydrogen (secondary N) is 1. The van der Waals surface area contributed by atoms with Crippen molar-refractivity contribution in [3.8, 4) is 16.9 Å². The van der Waals surface area contributed by atoms with Crippen LogP contribution in [0.2, 0.25) is 0 Å². The van der Waals surface area contributed by atoms with E-state index in [9.17, 15) is 13.6 Å². The number of hydrogen-bond acceptors (Lipinski definition) is 7. The minimum Gasteiger partial charge on any atom is -0.494 e. The number of oxazole rings is 1. The highest BCUT2D eigenvalue weighted by molar-refractivity contribution is 6.02. The van der Waals surface area contributed by atoms with Gasteiger partial charge in [0.25, 0.3) is 5.91 Å². The minimum absolute atomic E-state index is 0.0320. The van der Waals surface area contributed by atoms with Gasteiger partial charge in [0.05, 0.1) is 25.7 Å². The van der Waals surface area contributed by atoms with Crippen molar-refractivity contribution >= 4 is 22.8 Å². The van der Waals surface area contributed by atoms with Crippen molar-refractivity contribution in [2.75, 3.05) is 12.4 Å². The second-order valence-corrected chi connectivity index (χ2v) is 5.95. The summed E-state index contributed by atoms with van der Waals surface area (Å²) in [5.74, 6) is 0.423. The van der Waals surface area contributed by atoms with Gasteiger partial charge in [-0.3, -0.25) is 4.79 Å². The number of carbonyl (C=O) groups excluding carboxylic acids is 1. The second kappa shape index (κ2) is 7.26. The molecule has 0 saturated heterocycles. The summed E-state index contributed by atoms with van der Waals surface area (Å²) in [6, 6.07) is 3.32. The van der Waals surface area contributed by atoms with E-state index >= 15 is 0 Å². The molecule has 11 heteroatoms. The van der Waals surface area contributed by atoms with Crippen LogP contribution in [0.25, 0.3) is 22.2 Å². The van der Waals surface area contributed by atoms with Gasteiger partial charge in [-0.25, -0.2) is 19.6 Å². The van der Waals surface area contributed by atoms with Crippen molar-refractivity contribution < 1.29 is 22.7 Å². The first-order valence-electron chi connectivity index (χ1n) is 8.36. The SMILES string of the molecule is COc1ccc(-c2cnn(C(F)F)c2)c2ncc(NC(=O)c3cnc(C)o3)nc12. The van der Waals surface area contributed by atoms with E-state index < -0.39 is 12.5 Å². The molecule has 0 unspecified atom stereocenters. The van der Waals surface area contributed by atoms with E-state index in [-0.39, 0.29) is 11.6 Å². The third kappa shape index (κ3) is 3.49. The number of aryl methyl sites for hydroxylation is 1. The van der Waals surface area contributed by atoms with Gasteiger partial charge in [-0.2, -0.15) is 13.9 Å².